The van der Waals surface area contributed by atoms with Gasteiger partial charge in [0.1, 0.15) is 5.82 Å². The largest absolute Gasteiger partial charge is 0.477 e. The molecule has 0 aliphatic rings. The molecular formula is C10H12F2N2O2. The molecule has 1 rings (SSSR count). The van der Waals surface area contributed by atoms with Crippen LogP contribution in [0.3, 0.4) is 0 Å². The highest BCUT2D eigenvalue weighted by molar-refractivity contribution is 5.76. The average Bonchev–Trinajstić information content (AvgIpc) is 2.17. The van der Waals surface area contributed by atoms with E-state index in [2.05, 4.69) is 4.98 Å². The Morgan fingerprint density at radius 3 is 2.69 bits per heavy atom. The topological polar surface area (TPSA) is 53.4 Å². The van der Waals surface area contributed by atoms with Crippen molar-refractivity contribution in [3.05, 3.63) is 23.9 Å². The van der Waals surface area contributed by atoms with Crippen LogP contribution in [0, 0.1) is 0 Å². The number of rotatable bonds is 4. The molecule has 16 heavy (non-hydrogen) atoms. The summed E-state index contributed by atoms with van der Waals surface area (Å²) in [6.07, 6.45) is 0.613. The Bertz CT molecular complexity index is 394. The van der Waals surface area contributed by atoms with Gasteiger partial charge in [0.05, 0.1) is 6.42 Å². The summed E-state index contributed by atoms with van der Waals surface area (Å²) in [5, 5.41) is 8.35. The lowest BCUT2D eigenvalue weighted by atomic mass is 10.1. The zero-order valence-electron chi connectivity index (χ0n) is 8.94. The van der Waals surface area contributed by atoms with Crippen LogP contribution in [-0.4, -0.2) is 36.1 Å². The van der Waals surface area contributed by atoms with Crippen molar-refractivity contribution in [1.29, 1.82) is 0 Å². The van der Waals surface area contributed by atoms with Gasteiger partial charge in [0.2, 0.25) is 0 Å². The molecule has 6 heteroatoms. The first-order chi connectivity index (χ1) is 7.34. The third kappa shape index (κ3) is 2.65. The lowest BCUT2D eigenvalue weighted by Crippen LogP contribution is -2.31. The van der Waals surface area contributed by atoms with Gasteiger partial charge in [0.15, 0.2) is 0 Å². The molecule has 0 radical (unpaired) electrons. The quantitative estimate of drug-likeness (QED) is 0.849. The fourth-order valence-corrected chi connectivity index (χ4v) is 1.29. The maximum atomic E-state index is 13.0. The van der Waals surface area contributed by atoms with Crippen molar-refractivity contribution in [3.63, 3.8) is 0 Å². The number of hydrogen-bond acceptors (Lipinski definition) is 3. The molecule has 1 aromatic rings. The molecule has 0 aromatic carbocycles. The molecule has 0 amide bonds. The molecule has 0 unspecified atom stereocenters. The van der Waals surface area contributed by atoms with Gasteiger partial charge in [-0.3, -0.25) is 0 Å². The SMILES string of the molecule is CN(C)c1ncccc1CC(F)(F)C(=O)O. The molecule has 0 atom stereocenters. The monoisotopic (exact) mass is 230 g/mol. The van der Waals surface area contributed by atoms with E-state index in [1.807, 2.05) is 0 Å². The summed E-state index contributed by atoms with van der Waals surface area (Å²) in [5.41, 5.74) is 0.208. The van der Waals surface area contributed by atoms with Crippen LogP contribution in [0.2, 0.25) is 0 Å². The molecule has 4 nitrogen and oxygen atoms in total. The number of aromatic nitrogens is 1. The van der Waals surface area contributed by atoms with Gasteiger partial charge in [-0.25, -0.2) is 9.78 Å². The summed E-state index contributed by atoms with van der Waals surface area (Å²) in [4.78, 5) is 15.8. The van der Waals surface area contributed by atoms with Crippen molar-refractivity contribution >= 4 is 11.8 Å². The lowest BCUT2D eigenvalue weighted by Gasteiger charge is -2.18. The Morgan fingerprint density at radius 2 is 2.19 bits per heavy atom. The van der Waals surface area contributed by atoms with E-state index in [0.29, 0.717) is 5.82 Å². The van der Waals surface area contributed by atoms with Gasteiger partial charge in [0.25, 0.3) is 0 Å². The second-order valence-corrected chi connectivity index (χ2v) is 3.57. The van der Waals surface area contributed by atoms with E-state index in [1.54, 1.807) is 19.0 Å². The standard InChI is InChI=1S/C10H12F2N2O2/c1-14(2)8-7(4-3-5-13-8)6-10(11,12)9(15)16/h3-5H,6H2,1-2H3,(H,15,16). The number of carboxylic acid groups (broad SMARTS) is 1. The van der Waals surface area contributed by atoms with Crippen molar-refractivity contribution < 1.29 is 18.7 Å². The van der Waals surface area contributed by atoms with E-state index >= 15 is 0 Å². The first-order valence-corrected chi connectivity index (χ1v) is 4.57. The smallest absolute Gasteiger partial charge is 0.374 e. The molecule has 1 N–H and O–H groups in total. The average molecular weight is 230 g/mol. The number of anilines is 1. The Balaban J connectivity index is 3.01. The van der Waals surface area contributed by atoms with Gasteiger partial charge in [-0.1, -0.05) is 6.07 Å². The fraction of sp³-hybridized carbons (Fsp3) is 0.400. The molecule has 0 saturated carbocycles. The Labute approximate surface area is 91.5 Å². The second kappa shape index (κ2) is 4.42. The van der Waals surface area contributed by atoms with Crippen molar-refractivity contribution in [3.8, 4) is 0 Å². The van der Waals surface area contributed by atoms with E-state index in [9.17, 15) is 13.6 Å². The van der Waals surface area contributed by atoms with E-state index < -0.39 is 18.3 Å². The number of pyridine rings is 1. The maximum absolute atomic E-state index is 13.0. The number of hydrogen-bond donors (Lipinski definition) is 1. The molecule has 0 saturated heterocycles. The molecule has 88 valence electrons. The number of alkyl halides is 2. The predicted octanol–water partition coefficient (Wildman–Crippen LogP) is 1.41. The molecule has 0 aliphatic carbocycles. The molecule has 0 bridgehead atoms. The maximum Gasteiger partial charge on any atom is 0.374 e. The summed E-state index contributed by atoms with van der Waals surface area (Å²) in [5.74, 6) is -5.54. The van der Waals surface area contributed by atoms with E-state index in [1.165, 1.54) is 18.3 Å². The number of carboxylic acids is 1. The van der Waals surface area contributed by atoms with E-state index in [0.717, 1.165) is 0 Å². The van der Waals surface area contributed by atoms with Crippen LogP contribution in [-0.2, 0) is 11.2 Å². The van der Waals surface area contributed by atoms with Gasteiger partial charge >= 0.3 is 11.9 Å². The van der Waals surface area contributed by atoms with Crippen molar-refractivity contribution in [2.24, 2.45) is 0 Å². The highest BCUT2D eigenvalue weighted by atomic mass is 19.3. The summed E-state index contributed by atoms with van der Waals surface area (Å²) >= 11 is 0. The minimum atomic E-state index is -3.77. The number of halogens is 2. The third-order valence-electron chi connectivity index (χ3n) is 2.02. The van der Waals surface area contributed by atoms with Crippen molar-refractivity contribution in [2.45, 2.75) is 12.3 Å². The fourth-order valence-electron chi connectivity index (χ4n) is 1.29. The van der Waals surface area contributed by atoms with Gasteiger partial charge in [-0.15, -0.1) is 0 Å². The minimum Gasteiger partial charge on any atom is -0.477 e. The van der Waals surface area contributed by atoms with Crippen LogP contribution in [0.1, 0.15) is 5.56 Å². The van der Waals surface area contributed by atoms with Crippen LogP contribution in [0.4, 0.5) is 14.6 Å². The van der Waals surface area contributed by atoms with Crippen LogP contribution in [0.25, 0.3) is 0 Å². The number of carbonyl (C=O) groups is 1. The van der Waals surface area contributed by atoms with E-state index in [-0.39, 0.29) is 5.56 Å². The Kier molecular flexibility index (Phi) is 3.41. The molecular weight excluding hydrogens is 218 g/mol. The van der Waals surface area contributed by atoms with Crippen LogP contribution in [0.15, 0.2) is 18.3 Å². The normalized spacial score (nSPS) is 11.2. The first-order valence-electron chi connectivity index (χ1n) is 4.57. The zero-order chi connectivity index (χ0) is 12.3. The van der Waals surface area contributed by atoms with Crippen LogP contribution in [0.5, 0.6) is 0 Å². The Morgan fingerprint density at radius 1 is 1.56 bits per heavy atom. The van der Waals surface area contributed by atoms with Crippen LogP contribution < -0.4 is 4.90 Å². The number of nitrogens with zero attached hydrogens (tertiary/aromatic N) is 2. The molecule has 1 aromatic heterocycles. The third-order valence-corrected chi connectivity index (χ3v) is 2.02. The summed E-state index contributed by atoms with van der Waals surface area (Å²) in [7, 11) is 3.31. The highest BCUT2D eigenvalue weighted by Crippen LogP contribution is 2.25. The van der Waals surface area contributed by atoms with Gasteiger partial charge < -0.3 is 10.0 Å². The molecule has 0 spiro atoms. The first kappa shape index (κ1) is 12.4. The highest BCUT2D eigenvalue weighted by Gasteiger charge is 2.39. The summed E-state index contributed by atoms with van der Waals surface area (Å²) in [6, 6.07) is 2.94. The van der Waals surface area contributed by atoms with Gasteiger partial charge in [-0.2, -0.15) is 8.78 Å². The lowest BCUT2D eigenvalue weighted by molar-refractivity contribution is -0.164. The Hall–Kier alpha value is -1.72. The number of aliphatic carboxylic acids is 1. The summed E-state index contributed by atoms with van der Waals surface area (Å²) in [6.45, 7) is 0. The van der Waals surface area contributed by atoms with Gasteiger partial charge in [0, 0.05) is 25.9 Å². The van der Waals surface area contributed by atoms with Gasteiger partial charge in [-0.05, 0) is 6.07 Å². The second-order valence-electron chi connectivity index (χ2n) is 3.57. The molecule has 0 fully saturated rings. The van der Waals surface area contributed by atoms with Crippen LogP contribution >= 0.6 is 0 Å². The van der Waals surface area contributed by atoms with E-state index in [4.69, 9.17) is 5.11 Å². The zero-order valence-corrected chi connectivity index (χ0v) is 8.94. The van der Waals surface area contributed by atoms with Crippen molar-refractivity contribution in [2.75, 3.05) is 19.0 Å². The minimum absolute atomic E-state index is 0.208. The molecule has 1 heterocycles. The van der Waals surface area contributed by atoms with Crippen molar-refractivity contribution in [1.82, 2.24) is 4.98 Å². The summed E-state index contributed by atoms with van der Waals surface area (Å²) < 4.78 is 26.1. The predicted molar refractivity (Wildman–Crippen MR) is 54.9 cm³/mol. The molecule has 0 aliphatic heterocycles.